The Morgan fingerprint density at radius 3 is 2.33 bits per heavy atom. The first kappa shape index (κ1) is 17.0. The van der Waals surface area contributed by atoms with Gasteiger partial charge in [0.15, 0.2) is 0 Å². The molecule has 1 rings (SSSR count). The molecule has 1 aromatic rings. The van der Waals surface area contributed by atoms with Gasteiger partial charge < -0.3 is 10.0 Å². The molecule has 1 aromatic carbocycles. The molecule has 0 aliphatic rings. The summed E-state index contributed by atoms with van der Waals surface area (Å²) in [5, 5.41) is 10.2. The number of halogens is 1. The Balaban J connectivity index is 0.00000289. The molecule has 0 heterocycles. The van der Waals surface area contributed by atoms with Crippen LogP contribution >= 0.6 is 17.0 Å². The third-order valence-corrected chi connectivity index (χ3v) is 2.90. The summed E-state index contributed by atoms with van der Waals surface area (Å²) in [6.07, 6.45) is 0. The van der Waals surface area contributed by atoms with E-state index >= 15 is 0 Å². The van der Waals surface area contributed by atoms with Crippen LogP contribution in [0.3, 0.4) is 0 Å². The number of phenolic OH excluding ortho intramolecular Hbond substituents is 1. The fourth-order valence-electron chi connectivity index (χ4n) is 1.67. The van der Waals surface area contributed by atoms with E-state index in [0.717, 1.165) is 5.56 Å². The van der Waals surface area contributed by atoms with Gasteiger partial charge in [0.2, 0.25) is 0 Å². The molecular formula is C14H22BrNO2. The third-order valence-electron chi connectivity index (χ3n) is 2.90. The summed E-state index contributed by atoms with van der Waals surface area (Å²) >= 11 is 0. The van der Waals surface area contributed by atoms with Crippen molar-refractivity contribution in [1.82, 2.24) is 4.90 Å². The second-order valence-corrected chi connectivity index (χ2v) is 5.27. The van der Waals surface area contributed by atoms with E-state index in [2.05, 4.69) is 0 Å². The van der Waals surface area contributed by atoms with Gasteiger partial charge in [-0.15, -0.1) is 17.0 Å². The van der Waals surface area contributed by atoms with Crippen LogP contribution < -0.4 is 0 Å². The summed E-state index contributed by atoms with van der Waals surface area (Å²) in [5.41, 5.74) is 1.00. The summed E-state index contributed by atoms with van der Waals surface area (Å²) in [7, 11) is 1.73. The van der Waals surface area contributed by atoms with Crippen LogP contribution in [0.15, 0.2) is 18.2 Å². The minimum absolute atomic E-state index is 0. The van der Waals surface area contributed by atoms with E-state index in [9.17, 15) is 9.90 Å². The zero-order valence-electron chi connectivity index (χ0n) is 11.7. The van der Waals surface area contributed by atoms with Crippen LogP contribution in [0.2, 0.25) is 0 Å². The number of phenols is 1. The van der Waals surface area contributed by atoms with Crippen LogP contribution in [0.1, 0.15) is 43.6 Å². The summed E-state index contributed by atoms with van der Waals surface area (Å²) in [4.78, 5) is 13.6. The van der Waals surface area contributed by atoms with Gasteiger partial charge in [-0.1, -0.05) is 32.9 Å². The molecule has 102 valence electrons. The molecule has 0 spiro atoms. The minimum Gasteiger partial charge on any atom is -0.507 e. The second kappa shape index (κ2) is 6.23. The maximum atomic E-state index is 12.0. The lowest BCUT2D eigenvalue weighted by atomic mass is 9.85. The Bertz CT molecular complexity index is 424. The molecule has 1 amide bonds. The van der Waals surface area contributed by atoms with Crippen molar-refractivity contribution in [2.45, 2.75) is 33.1 Å². The average Bonchev–Trinajstić information content (AvgIpc) is 2.25. The molecule has 0 unspecified atom stereocenters. The lowest BCUT2D eigenvalue weighted by Gasteiger charge is -2.23. The Labute approximate surface area is 120 Å². The van der Waals surface area contributed by atoms with Gasteiger partial charge in [0.1, 0.15) is 5.75 Å². The number of hydrogen-bond donors (Lipinski definition) is 1. The van der Waals surface area contributed by atoms with E-state index in [0.29, 0.717) is 12.1 Å². The molecule has 0 aliphatic heterocycles. The van der Waals surface area contributed by atoms with Gasteiger partial charge in [-0.2, -0.15) is 0 Å². The molecule has 18 heavy (non-hydrogen) atoms. The normalized spacial score (nSPS) is 10.7. The van der Waals surface area contributed by atoms with Gasteiger partial charge in [0.05, 0.1) is 5.56 Å². The third kappa shape index (κ3) is 3.48. The molecule has 0 aromatic heterocycles. The monoisotopic (exact) mass is 315 g/mol. The molecule has 1 N–H and O–H groups in total. The quantitative estimate of drug-likeness (QED) is 0.909. The van der Waals surface area contributed by atoms with Crippen LogP contribution in [0.4, 0.5) is 0 Å². The van der Waals surface area contributed by atoms with E-state index in [1.165, 1.54) is 0 Å². The number of amides is 1. The predicted octanol–water partition coefficient (Wildman–Crippen LogP) is 3.36. The van der Waals surface area contributed by atoms with Crippen LogP contribution in [0.25, 0.3) is 0 Å². The number of hydrogen-bond acceptors (Lipinski definition) is 2. The molecule has 0 radical (unpaired) electrons. The number of aromatic hydroxyl groups is 1. The predicted molar refractivity (Wildman–Crippen MR) is 79.8 cm³/mol. The van der Waals surface area contributed by atoms with Crippen molar-refractivity contribution < 1.29 is 9.90 Å². The molecule has 3 nitrogen and oxygen atoms in total. The van der Waals surface area contributed by atoms with Crippen molar-refractivity contribution in [1.29, 1.82) is 0 Å². The summed E-state index contributed by atoms with van der Waals surface area (Å²) in [6.45, 7) is 8.57. The van der Waals surface area contributed by atoms with Gasteiger partial charge >= 0.3 is 0 Å². The first-order chi connectivity index (χ1) is 7.79. The van der Waals surface area contributed by atoms with Crippen molar-refractivity contribution in [2.24, 2.45) is 0 Å². The second-order valence-electron chi connectivity index (χ2n) is 5.27. The zero-order valence-corrected chi connectivity index (χ0v) is 13.4. The molecule has 0 saturated heterocycles. The van der Waals surface area contributed by atoms with E-state index in [4.69, 9.17) is 0 Å². The first-order valence-corrected chi connectivity index (χ1v) is 5.87. The number of nitrogens with zero attached hydrogens (tertiary/aromatic N) is 1. The fourth-order valence-corrected chi connectivity index (χ4v) is 1.67. The van der Waals surface area contributed by atoms with E-state index in [1.807, 2.05) is 39.8 Å². The highest BCUT2D eigenvalue weighted by atomic mass is 79.9. The molecular weight excluding hydrogens is 294 g/mol. The highest BCUT2D eigenvalue weighted by molar-refractivity contribution is 8.93. The van der Waals surface area contributed by atoms with E-state index < -0.39 is 0 Å². The van der Waals surface area contributed by atoms with Crippen molar-refractivity contribution in [3.05, 3.63) is 29.3 Å². The Morgan fingerprint density at radius 1 is 1.33 bits per heavy atom. The van der Waals surface area contributed by atoms with Gasteiger partial charge in [0, 0.05) is 19.2 Å². The number of benzene rings is 1. The summed E-state index contributed by atoms with van der Waals surface area (Å²) < 4.78 is 0. The Morgan fingerprint density at radius 2 is 1.89 bits per heavy atom. The average molecular weight is 316 g/mol. The first-order valence-electron chi connectivity index (χ1n) is 5.87. The molecule has 0 aliphatic carbocycles. The summed E-state index contributed by atoms with van der Waals surface area (Å²) in [6, 6.07) is 5.34. The molecule has 0 fully saturated rings. The highest BCUT2D eigenvalue weighted by Crippen LogP contribution is 2.33. The topological polar surface area (TPSA) is 40.5 Å². The molecule has 0 bridgehead atoms. The van der Waals surface area contributed by atoms with Crippen molar-refractivity contribution in [2.75, 3.05) is 13.6 Å². The largest absolute Gasteiger partial charge is 0.507 e. The van der Waals surface area contributed by atoms with Gasteiger partial charge in [-0.25, -0.2) is 0 Å². The fraction of sp³-hybridized carbons (Fsp3) is 0.500. The van der Waals surface area contributed by atoms with Crippen molar-refractivity contribution in [3.63, 3.8) is 0 Å². The van der Waals surface area contributed by atoms with E-state index in [1.54, 1.807) is 18.0 Å². The van der Waals surface area contributed by atoms with Crippen LogP contribution in [-0.4, -0.2) is 29.5 Å². The van der Waals surface area contributed by atoms with E-state index in [-0.39, 0.29) is 34.1 Å². The van der Waals surface area contributed by atoms with Crippen LogP contribution in [0.5, 0.6) is 5.75 Å². The maximum Gasteiger partial charge on any atom is 0.257 e. The Kier molecular flexibility index (Phi) is 5.87. The maximum absolute atomic E-state index is 12.0. The van der Waals surface area contributed by atoms with Crippen molar-refractivity contribution in [3.8, 4) is 5.75 Å². The SMILES string of the molecule is Br.CCN(C)C(=O)c1cccc(C(C)(C)C)c1O. The van der Waals surface area contributed by atoms with Crippen LogP contribution in [0, 0.1) is 0 Å². The molecule has 4 heteroatoms. The Hall–Kier alpha value is -1.03. The lowest BCUT2D eigenvalue weighted by molar-refractivity contribution is 0.0799. The lowest BCUT2D eigenvalue weighted by Crippen LogP contribution is -2.26. The number of rotatable bonds is 2. The number of carbonyl (C=O) groups excluding carboxylic acids is 1. The molecule has 0 saturated carbocycles. The van der Waals surface area contributed by atoms with Crippen molar-refractivity contribution >= 4 is 22.9 Å². The number of carbonyl (C=O) groups is 1. The number of para-hydroxylation sites is 1. The standard InChI is InChI=1S/C14H21NO2.BrH/c1-6-15(5)13(17)10-8-7-9-11(12(10)16)14(2,3)4;/h7-9,16H,6H2,1-5H3;1H. The van der Waals surface area contributed by atoms with Gasteiger partial charge in [0.25, 0.3) is 5.91 Å². The smallest absolute Gasteiger partial charge is 0.257 e. The highest BCUT2D eigenvalue weighted by Gasteiger charge is 2.23. The zero-order chi connectivity index (χ0) is 13.2. The summed E-state index contributed by atoms with van der Waals surface area (Å²) in [5.74, 6) is -0.0404. The van der Waals surface area contributed by atoms with Crippen LogP contribution in [-0.2, 0) is 5.41 Å². The van der Waals surface area contributed by atoms with Gasteiger partial charge in [-0.05, 0) is 18.4 Å². The molecule has 0 atom stereocenters. The minimum atomic E-state index is -0.175. The van der Waals surface area contributed by atoms with Gasteiger partial charge in [-0.3, -0.25) is 4.79 Å².